The van der Waals surface area contributed by atoms with E-state index in [4.69, 9.17) is 16.3 Å². The van der Waals surface area contributed by atoms with Crippen molar-refractivity contribution in [2.24, 2.45) is 0 Å². The quantitative estimate of drug-likeness (QED) is 0.835. The highest BCUT2D eigenvalue weighted by atomic mass is 35.5. The largest absolute Gasteiger partial charge is 0.496 e. The second kappa shape index (κ2) is 7.26. The van der Waals surface area contributed by atoms with Gasteiger partial charge in [0.2, 0.25) is 5.91 Å². The van der Waals surface area contributed by atoms with Gasteiger partial charge in [-0.05, 0) is 6.07 Å². The van der Waals surface area contributed by atoms with Gasteiger partial charge in [-0.15, -0.1) is 22.9 Å². The Morgan fingerprint density at radius 2 is 2.25 bits per heavy atom. The maximum Gasteiger partial charge on any atom is 0.227 e. The number of hydrogen-bond donors (Lipinski definition) is 1. The summed E-state index contributed by atoms with van der Waals surface area (Å²) >= 11 is 7.13. The minimum Gasteiger partial charge on any atom is -0.496 e. The first kappa shape index (κ1) is 14.8. The standard InChI is InChI=1S/C14H15ClN2O2S/c1-19-12-5-3-2-4-10(12)8-16-13(18)6-14-17-11(7-15)9-20-14/h2-5,9H,6-8H2,1H3,(H,16,18). The van der Waals surface area contributed by atoms with Crippen molar-refractivity contribution in [2.45, 2.75) is 18.8 Å². The Labute approximate surface area is 126 Å². The predicted molar refractivity (Wildman–Crippen MR) is 80.2 cm³/mol. The Morgan fingerprint density at radius 3 is 2.95 bits per heavy atom. The third-order valence-corrected chi connectivity index (χ3v) is 3.89. The predicted octanol–water partition coefficient (Wildman–Crippen LogP) is 2.75. The van der Waals surface area contributed by atoms with Gasteiger partial charge in [0.15, 0.2) is 0 Å². The zero-order valence-electron chi connectivity index (χ0n) is 11.1. The molecule has 0 aliphatic carbocycles. The Bertz CT molecular complexity index is 586. The first-order valence-corrected chi connectivity index (χ1v) is 7.52. The van der Waals surface area contributed by atoms with E-state index in [1.165, 1.54) is 11.3 Å². The fraction of sp³-hybridized carbons (Fsp3) is 0.286. The van der Waals surface area contributed by atoms with Crippen molar-refractivity contribution < 1.29 is 9.53 Å². The van der Waals surface area contributed by atoms with Gasteiger partial charge in [0, 0.05) is 17.5 Å². The van der Waals surface area contributed by atoms with Crippen molar-refractivity contribution in [3.8, 4) is 5.75 Å². The van der Waals surface area contributed by atoms with Crippen molar-refractivity contribution in [1.29, 1.82) is 0 Å². The van der Waals surface area contributed by atoms with Crippen LogP contribution in [0.25, 0.3) is 0 Å². The van der Waals surface area contributed by atoms with Crippen LogP contribution in [0.4, 0.5) is 0 Å². The number of carbonyl (C=O) groups is 1. The molecule has 4 nitrogen and oxygen atoms in total. The molecule has 0 atom stereocenters. The number of benzene rings is 1. The van der Waals surface area contributed by atoms with Crippen molar-refractivity contribution in [3.05, 3.63) is 45.9 Å². The Hall–Kier alpha value is -1.59. The second-order valence-electron chi connectivity index (χ2n) is 4.13. The zero-order valence-corrected chi connectivity index (χ0v) is 12.6. The van der Waals surface area contributed by atoms with Crippen molar-refractivity contribution in [1.82, 2.24) is 10.3 Å². The third-order valence-electron chi connectivity index (χ3n) is 2.72. The summed E-state index contributed by atoms with van der Waals surface area (Å²) in [5.74, 6) is 1.08. The maximum absolute atomic E-state index is 11.9. The monoisotopic (exact) mass is 310 g/mol. The topological polar surface area (TPSA) is 51.2 Å². The highest BCUT2D eigenvalue weighted by molar-refractivity contribution is 7.09. The first-order valence-electron chi connectivity index (χ1n) is 6.10. The van der Waals surface area contributed by atoms with E-state index in [-0.39, 0.29) is 12.3 Å². The van der Waals surface area contributed by atoms with Gasteiger partial charge in [-0.1, -0.05) is 18.2 Å². The first-order chi connectivity index (χ1) is 9.72. The SMILES string of the molecule is COc1ccccc1CNC(=O)Cc1nc(CCl)cs1. The summed E-state index contributed by atoms with van der Waals surface area (Å²) in [5.41, 5.74) is 1.76. The van der Waals surface area contributed by atoms with Gasteiger partial charge < -0.3 is 10.1 Å². The molecule has 0 saturated heterocycles. The number of methoxy groups -OCH3 is 1. The van der Waals surface area contributed by atoms with Crippen LogP contribution in [0.5, 0.6) is 5.75 Å². The number of nitrogens with one attached hydrogen (secondary N) is 1. The third kappa shape index (κ3) is 3.95. The van der Waals surface area contributed by atoms with E-state index in [0.717, 1.165) is 22.0 Å². The Morgan fingerprint density at radius 1 is 1.45 bits per heavy atom. The van der Waals surface area contributed by atoms with E-state index in [1.807, 2.05) is 29.6 Å². The lowest BCUT2D eigenvalue weighted by Gasteiger charge is -2.08. The number of para-hydroxylation sites is 1. The van der Waals surface area contributed by atoms with Crippen LogP contribution in [0.1, 0.15) is 16.3 Å². The molecular weight excluding hydrogens is 296 g/mol. The van der Waals surface area contributed by atoms with E-state index in [9.17, 15) is 4.79 Å². The van der Waals surface area contributed by atoms with Crippen LogP contribution in [0.15, 0.2) is 29.6 Å². The molecule has 0 aliphatic heterocycles. The molecule has 106 valence electrons. The average molecular weight is 311 g/mol. The molecule has 2 rings (SSSR count). The van der Waals surface area contributed by atoms with Crippen molar-refractivity contribution in [2.75, 3.05) is 7.11 Å². The number of amides is 1. The molecule has 0 radical (unpaired) electrons. The van der Waals surface area contributed by atoms with Gasteiger partial charge in [-0.3, -0.25) is 4.79 Å². The van der Waals surface area contributed by atoms with E-state index >= 15 is 0 Å². The molecule has 0 bridgehead atoms. The van der Waals surface area contributed by atoms with Gasteiger partial charge >= 0.3 is 0 Å². The summed E-state index contributed by atoms with van der Waals surface area (Å²) in [5, 5.41) is 5.51. The lowest BCUT2D eigenvalue weighted by atomic mass is 10.2. The minimum atomic E-state index is -0.0635. The molecule has 1 heterocycles. The highest BCUT2D eigenvalue weighted by Crippen LogP contribution is 2.17. The van der Waals surface area contributed by atoms with Gasteiger partial charge in [0.25, 0.3) is 0 Å². The molecule has 1 amide bonds. The highest BCUT2D eigenvalue weighted by Gasteiger charge is 2.09. The molecule has 1 N–H and O–H groups in total. The average Bonchev–Trinajstić information content (AvgIpc) is 2.93. The molecule has 6 heteroatoms. The number of rotatable bonds is 6. The molecule has 20 heavy (non-hydrogen) atoms. The summed E-state index contributed by atoms with van der Waals surface area (Å²) in [4.78, 5) is 16.1. The smallest absolute Gasteiger partial charge is 0.227 e. The summed E-state index contributed by atoms with van der Waals surface area (Å²) in [6.07, 6.45) is 0.275. The van der Waals surface area contributed by atoms with E-state index in [2.05, 4.69) is 10.3 Å². The van der Waals surface area contributed by atoms with Gasteiger partial charge in [-0.25, -0.2) is 4.98 Å². The molecule has 0 fully saturated rings. The molecule has 1 aromatic carbocycles. The number of ether oxygens (including phenoxy) is 1. The van der Waals surface area contributed by atoms with E-state index in [0.29, 0.717) is 12.4 Å². The van der Waals surface area contributed by atoms with Crippen LogP contribution in [0.3, 0.4) is 0 Å². The molecular formula is C14H15ClN2O2S. The lowest BCUT2D eigenvalue weighted by Crippen LogP contribution is -2.24. The number of thiazole rings is 1. The number of nitrogens with zero attached hydrogens (tertiary/aromatic N) is 1. The van der Waals surface area contributed by atoms with Gasteiger partial charge in [-0.2, -0.15) is 0 Å². The van der Waals surface area contributed by atoms with Crippen LogP contribution < -0.4 is 10.1 Å². The Kier molecular flexibility index (Phi) is 5.38. The molecule has 0 aliphatic rings. The second-order valence-corrected chi connectivity index (χ2v) is 5.34. The van der Waals surface area contributed by atoms with Gasteiger partial charge in [0.1, 0.15) is 10.8 Å². The molecule has 0 spiro atoms. The van der Waals surface area contributed by atoms with Crippen molar-refractivity contribution >= 4 is 28.8 Å². The molecule has 0 saturated carbocycles. The number of carbonyl (C=O) groups excluding carboxylic acids is 1. The molecule has 0 unspecified atom stereocenters. The number of aromatic nitrogens is 1. The molecule has 1 aromatic heterocycles. The fourth-order valence-corrected chi connectivity index (χ4v) is 2.76. The van der Waals surface area contributed by atoms with E-state index in [1.54, 1.807) is 7.11 Å². The van der Waals surface area contributed by atoms with Crippen LogP contribution in [0, 0.1) is 0 Å². The van der Waals surface area contributed by atoms with Crippen LogP contribution in [-0.2, 0) is 23.6 Å². The summed E-state index contributed by atoms with van der Waals surface area (Å²) < 4.78 is 5.24. The summed E-state index contributed by atoms with van der Waals surface area (Å²) in [7, 11) is 1.61. The number of hydrogen-bond acceptors (Lipinski definition) is 4. The van der Waals surface area contributed by atoms with Crippen LogP contribution in [0.2, 0.25) is 0 Å². The van der Waals surface area contributed by atoms with Crippen LogP contribution in [-0.4, -0.2) is 18.0 Å². The van der Waals surface area contributed by atoms with Crippen molar-refractivity contribution in [3.63, 3.8) is 0 Å². The van der Waals surface area contributed by atoms with Crippen LogP contribution >= 0.6 is 22.9 Å². The summed E-state index contributed by atoms with van der Waals surface area (Å²) in [6, 6.07) is 7.61. The summed E-state index contributed by atoms with van der Waals surface area (Å²) in [6.45, 7) is 0.441. The van der Waals surface area contributed by atoms with Gasteiger partial charge in [0.05, 0.1) is 25.1 Å². The fourth-order valence-electron chi connectivity index (χ4n) is 1.73. The number of halogens is 1. The lowest BCUT2D eigenvalue weighted by molar-refractivity contribution is -0.120. The normalized spacial score (nSPS) is 10.3. The Balaban J connectivity index is 1.88. The maximum atomic E-state index is 11.9. The molecule has 2 aromatic rings. The van der Waals surface area contributed by atoms with E-state index < -0.39 is 0 Å². The number of alkyl halides is 1. The zero-order chi connectivity index (χ0) is 14.4. The minimum absolute atomic E-state index is 0.0635.